The molecule has 1 atom stereocenters. The zero-order valence-electron chi connectivity index (χ0n) is 20.6. The van der Waals surface area contributed by atoms with E-state index in [4.69, 9.17) is 5.11 Å². The summed E-state index contributed by atoms with van der Waals surface area (Å²) in [6, 6.07) is 4.29. The van der Waals surface area contributed by atoms with Gasteiger partial charge in [0.05, 0.1) is 29.2 Å². The maximum atomic E-state index is 16.9. The molecule has 2 N–H and O–H groups in total. The average molecular weight is 559 g/mol. The molecule has 0 bridgehead atoms. The van der Waals surface area contributed by atoms with E-state index in [2.05, 4.69) is 15.0 Å². The number of benzene rings is 2. The second-order valence-electron chi connectivity index (χ2n) is 9.20. The van der Waals surface area contributed by atoms with Crippen LogP contribution in [0.3, 0.4) is 0 Å². The second kappa shape index (κ2) is 10.1. The van der Waals surface area contributed by atoms with Crippen molar-refractivity contribution in [1.82, 2.24) is 14.9 Å². The highest BCUT2D eigenvalue weighted by Gasteiger charge is 2.48. The molecule has 0 spiro atoms. The van der Waals surface area contributed by atoms with Gasteiger partial charge >= 0.3 is 11.9 Å². The molecule has 7 nitrogen and oxygen atoms in total. The molecular formula is C25H27F5N4O3S. The molecule has 4 heterocycles. The topological polar surface area (TPSA) is 79.6 Å². The first-order chi connectivity index (χ1) is 18.1. The third kappa shape index (κ3) is 4.34. The number of halogens is 5. The number of nitrogens with zero attached hydrogens (tertiary/aromatic N) is 3. The fraction of sp³-hybridized carbons (Fsp3) is 0.440. The fourth-order valence-electron chi connectivity index (χ4n) is 5.33. The molecule has 2 aromatic carbocycles. The Kier molecular flexibility index (Phi) is 7.14. The van der Waals surface area contributed by atoms with Crippen LogP contribution in [0.2, 0.25) is 0 Å². The average Bonchev–Trinajstić information content (AvgIpc) is 3.01. The van der Waals surface area contributed by atoms with Crippen molar-refractivity contribution >= 4 is 27.1 Å². The van der Waals surface area contributed by atoms with E-state index in [0.29, 0.717) is 32.8 Å². The zero-order chi connectivity index (χ0) is 27.2. The summed E-state index contributed by atoms with van der Waals surface area (Å²) in [5.41, 5.74) is -1.63. The van der Waals surface area contributed by atoms with E-state index in [1.54, 1.807) is 12.0 Å². The number of hydrogen-bond acceptors (Lipinski definition) is 6. The van der Waals surface area contributed by atoms with Crippen LogP contribution in [-0.2, 0) is 17.5 Å². The van der Waals surface area contributed by atoms with Crippen LogP contribution in [0.25, 0.3) is 22.0 Å². The van der Waals surface area contributed by atoms with E-state index < -0.39 is 33.7 Å². The molecule has 206 valence electrons. The Morgan fingerprint density at radius 1 is 1.18 bits per heavy atom. The van der Waals surface area contributed by atoms with Gasteiger partial charge in [0.15, 0.2) is 0 Å². The van der Waals surface area contributed by atoms with Crippen LogP contribution in [0.1, 0.15) is 12.0 Å². The molecule has 6 rings (SSSR count). The van der Waals surface area contributed by atoms with E-state index in [1.807, 2.05) is 0 Å². The van der Waals surface area contributed by atoms with Gasteiger partial charge in [-0.05, 0) is 40.6 Å². The maximum absolute atomic E-state index is 16.9. The van der Waals surface area contributed by atoms with E-state index in [1.165, 1.54) is 10.6 Å². The van der Waals surface area contributed by atoms with E-state index in [9.17, 15) is 22.4 Å². The molecule has 3 aliphatic rings. The van der Waals surface area contributed by atoms with Gasteiger partial charge in [-0.1, -0.05) is 6.07 Å². The van der Waals surface area contributed by atoms with Crippen LogP contribution in [0.15, 0.2) is 38.9 Å². The monoisotopic (exact) mass is 558 g/mol. The highest BCUT2D eigenvalue weighted by atomic mass is 32.3. The van der Waals surface area contributed by atoms with Crippen molar-refractivity contribution in [1.29, 1.82) is 0 Å². The standard InChI is InChI=1S/C22H19F5N4OS.C3H8O2/c23-12-2-3-13-16(10-12)33(27)9-1-6-31-18-14(11-15(22(24,25)26)17(13)19(18)33)20(29-21(31)32)30-7-4-28-5-8-30;1-5-3-2-4/h2-3,10-11,28H,1,4-9H2;4H,2-3H2,1H3. The molecule has 0 radical (unpaired) electrons. The number of anilines is 1. The quantitative estimate of drug-likeness (QED) is 0.472. The Hall–Kier alpha value is -2.74. The Bertz CT molecular complexity index is 1440. The second-order valence-corrected chi connectivity index (χ2v) is 11.8. The largest absolute Gasteiger partial charge is 0.417 e. The van der Waals surface area contributed by atoms with Gasteiger partial charge in [-0.3, -0.25) is 4.57 Å². The first-order valence-corrected chi connectivity index (χ1v) is 13.9. The van der Waals surface area contributed by atoms with Gasteiger partial charge in [0, 0.05) is 61.4 Å². The van der Waals surface area contributed by atoms with Crippen LogP contribution in [0.4, 0.5) is 27.3 Å². The summed E-state index contributed by atoms with van der Waals surface area (Å²) in [5.74, 6) is -0.627. The molecule has 3 aliphatic heterocycles. The molecular weight excluding hydrogens is 531 g/mol. The van der Waals surface area contributed by atoms with E-state index in [0.717, 1.165) is 18.2 Å². The summed E-state index contributed by atoms with van der Waals surface area (Å²) in [6.07, 6.45) is -4.54. The molecule has 1 unspecified atom stereocenters. The fourth-order valence-corrected chi connectivity index (χ4v) is 8.39. The smallest absolute Gasteiger partial charge is 0.394 e. The van der Waals surface area contributed by atoms with Gasteiger partial charge in [-0.15, -0.1) is 0 Å². The number of fused-ring (bicyclic) bond motifs is 3. The summed E-state index contributed by atoms with van der Waals surface area (Å²) in [6.45, 7) is 2.81. The van der Waals surface area contributed by atoms with Crippen LogP contribution >= 0.6 is 10.4 Å². The van der Waals surface area contributed by atoms with Gasteiger partial charge in [-0.2, -0.15) is 22.0 Å². The molecule has 0 amide bonds. The van der Waals surface area contributed by atoms with Crippen molar-refractivity contribution in [3.8, 4) is 11.1 Å². The Labute approximate surface area is 216 Å². The molecule has 38 heavy (non-hydrogen) atoms. The summed E-state index contributed by atoms with van der Waals surface area (Å²) >= 11 is 0. The van der Waals surface area contributed by atoms with Gasteiger partial charge in [-0.25, -0.2) is 9.18 Å². The number of hydrogen-bond donors (Lipinski definition) is 2. The van der Waals surface area contributed by atoms with Crippen molar-refractivity contribution in [2.75, 3.05) is 57.2 Å². The number of aliphatic hydroxyl groups is 1. The normalized spacial score (nSPS) is 21.8. The van der Waals surface area contributed by atoms with Gasteiger partial charge in [0.25, 0.3) is 0 Å². The third-order valence-corrected chi connectivity index (χ3v) is 9.84. The third-order valence-electron chi connectivity index (χ3n) is 6.91. The number of nitrogens with one attached hydrogen (secondary N) is 1. The first-order valence-electron chi connectivity index (χ1n) is 12.2. The minimum Gasteiger partial charge on any atom is -0.394 e. The predicted octanol–water partition coefficient (Wildman–Crippen LogP) is 4.08. The lowest BCUT2D eigenvalue weighted by Crippen LogP contribution is -2.44. The summed E-state index contributed by atoms with van der Waals surface area (Å²) < 4.78 is 79.9. The SMILES string of the molecule is COCCO.O=c1nc(N2CCNCC2)c2cc(C(F)(F)F)c3c4c2n1CCCS4(F)c1cc(F)ccc1-3. The number of rotatable bonds is 3. The summed E-state index contributed by atoms with van der Waals surface area (Å²) in [7, 11) is -1.92. The van der Waals surface area contributed by atoms with Crippen molar-refractivity contribution in [3.63, 3.8) is 0 Å². The van der Waals surface area contributed by atoms with Crippen LogP contribution in [0, 0.1) is 5.82 Å². The number of alkyl halides is 3. The van der Waals surface area contributed by atoms with Crippen LogP contribution in [-0.4, -0.2) is 66.9 Å². The zero-order valence-corrected chi connectivity index (χ0v) is 21.4. The molecule has 0 saturated carbocycles. The Morgan fingerprint density at radius 2 is 1.92 bits per heavy atom. The van der Waals surface area contributed by atoms with Crippen molar-refractivity contribution in [2.24, 2.45) is 0 Å². The molecule has 3 aromatic rings. The lowest BCUT2D eigenvalue weighted by molar-refractivity contribution is -0.137. The van der Waals surface area contributed by atoms with Crippen LogP contribution < -0.4 is 15.9 Å². The van der Waals surface area contributed by atoms with Crippen molar-refractivity contribution in [3.05, 3.63) is 46.1 Å². The number of aryl methyl sites for hydroxylation is 1. The Balaban J connectivity index is 0.000000540. The number of aromatic nitrogens is 2. The summed E-state index contributed by atoms with van der Waals surface area (Å²) in [5, 5.41) is 11.2. The molecule has 1 saturated heterocycles. The van der Waals surface area contributed by atoms with E-state index >= 15 is 3.89 Å². The minimum atomic E-state index is -4.77. The van der Waals surface area contributed by atoms with Crippen molar-refractivity contribution in [2.45, 2.75) is 28.9 Å². The molecule has 13 heteroatoms. The molecule has 1 aromatic heterocycles. The molecule has 1 fully saturated rings. The lowest BCUT2D eigenvalue weighted by Gasteiger charge is -2.31. The van der Waals surface area contributed by atoms with E-state index in [-0.39, 0.29) is 63.0 Å². The summed E-state index contributed by atoms with van der Waals surface area (Å²) in [4.78, 5) is 18.8. The Morgan fingerprint density at radius 3 is 2.55 bits per heavy atom. The van der Waals surface area contributed by atoms with Crippen molar-refractivity contribution < 1.29 is 31.3 Å². The number of methoxy groups -OCH3 is 1. The molecule has 0 aliphatic carbocycles. The lowest BCUT2D eigenvalue weighted by atomic mass is 9.96. The van der Waals surface area contributed by atoms with Gasteiger partial charge in [0.1, 0.15) is 11.6 Å². The first kappa shape index (κ1) is 26.9. The highest BCUT2D eigenvalue weighted by Crippen LogP contribution is 2.76. The number of piperazine rings is 1. The highest BCUT2D eigenvalue weighted by molar-refractivity contribution is 8.30. The number of aliphatic hydroxyl groups excluding tert-OH is 1. The van der Waals surface area contributed by atoms with Gasteiger partial charge in [0.2, 0.25) is 0 Å². The predicted molar refractivity (Wildman–Crippen MR) is 135 cm³/mol. The number of ether oxygens (including phenoxy) is 1. The maximum Gasteiger partial charge on any atom is 0.417 e. The van der Waals surface area contributed by atoms with Gasteiger partial charge < -0.3 is 20.1 Å². The van der Waals surface area contributed by atoms with Crippen LogP contribution in [0.5, 0.6) is 0 Å². The minimum absolute atomic E-state index is 0.0306.